The molecule has 3 aromatic carbocycles. The molecule has 0 bridgehead atoms. The van der Waals surface area contributed by atoms with Crippen LogP contribution in [0.5, 0.6) is 0 Å². The predicted octanol–water partition coefficient (Wildman–Crippen LogP) is 2.21. The van der Waals surface area contributed by atoms with E-state index in [2.05, 4.69) is 103 Å². The molecule has 23 heavy (non-hydrogen) atoms. The second-order valence-corrected chi connectivity index (χ2v) is 9.23. The molecule has 3 rings (SSSR count). The van der Waals surface area contributed by atoms with Gasteiger partial charge in [-0.1, -0.05) is 103 Å². The van der Waals surface area contributed by atoms with Crippen molar-refractivity contribution in [2.75, 3.05) is 6.54 Å². The highest BCUT2D eigenvalue weighted by Crippen LogP contribution is 2.09. The molecule has 2 heteroatoms. The fourth-order valence-electron chi connectivity index (χ4n) is 3.14. The molecule has 0 aliphatic heterocycles. The van der Waals surface area contributed by atoms with E-state index in [0.29, 0.717) is 6.54 Å². The second kappa shape index (κ2) is 7.23. The summed E-state index contributed by atoms with van der Waals surface area (Å²) in [4.78, 5) is 0. The Bertz CT molecular complexity index is 655. The molecule has 0 atom stereocenters. The summed E-state index contributed by atoms with van der Waals surface area (Å²) in [5, 5.41) is 4.13. The molecule has 0 saturated carbocycles. The zero-order valence-corrected chi connectivity index (χ0v) is 14.1. The SMILES string of the molecule is NCC=C[Si](c1ccccc1)(c1ccccc1)c1ccccc1. The van der Waals surface area contributed by atoms with Gasteiger partial charge < -0.3 is 5.73 Å². The van der Waals surface area contributed by atoms with E-state index < -0.39 is 8.07 Å². The van der Waals surface area contributed by atoms with Gasteiger partial charge in [0.05, 0.1) is 0 Å². The maximum Gasteiger partial charge on any atom is 0.172 e. The van der Waals surface area contributed by atoms with Crippen LogP contribution in [0.15, 0.2) is 103 Å². The molecule has 0 aliphatic carbocycles. The summed E-state index contributed by atoms with van der Waals surface area (Å²) in [5.74, 6) is 0. The fourth-order valence-corrected chi connectivity index (χ4v) is 7.36. The molecule has 0 fully saturated rings. The summed E-state index contributed by atoms with van der Waals surface area (Å²) in [6.07, 6.45) is 2.11. The van der Waals surface area contributed by atoms with Crippen LogP contribution in [0.1, 0.15) is 0 Å². The lowest BCUT2D eigenvalue weighted by atomic mass is 10.3. The molecule has 0 heterocycles. The van der Waals surface area contributed by atoms with E-state index in [4.69, 9.17) is 5.73 Å². The molecule has 2 N–H and O–H groups in total. The molecule has 3 aromatic rings. The summed E-state index contributed by atoms with van der Waals surface area (Å²) < 4.78 is 0. The summed E-state index contributed by atoms with van der Waals surface area (Å²) in [5.41, 5.74) is 8.17. The van der Waals surface area contributed by atoms with Crippen LogP contribution in [0, 0.1) is 0 Å². The van der Waals surface area contributed by atoms with Crippen LogP contribution in [0.25, 0.3) is 0 Å². The predicted molar refractivity (Wildman–Crippen MR) is 102 cm³/mol. The number of rotatable bonds is 5. The number of benzene rings is 3. The van der Waals surface area contributed by atoms with E-state index in [0.717, 1.165) is 0 Å². The van der Waals surface area contributed by atoms with E-state index >= 15 is 0 Å². The third-order valence-electron chi connectivity index (χ3n) is 4.19. The van der Waals surface area contributed by atoms with E-state index in [1.54, 1.807) is 0 Å². The Labute approximate surface area is 139 Å². The van der Waals surface area contributed by atoms with Gasteiger partial charge in [-0.05, 0) is 15.6 Å². The molecule has 0 saturated heterocycles. The van der Waals surface area contributed by atoms with Gasteiger partial charge in [0.2, 0.25) is 0 Å². The standard InChI is InChI=1S/C21H21NSi/c22-17-10-18-23(19-11-4-1-5-12-19,20-13-6-2-7-14-20)21-15-8-3-9-16-21/h1-16,18H,17,22H2. The number of hydrogen-bond acceptors (Lipinski definition) is 1. The highest BCUT2D eigenvalue weighted by molar-refractivity contribution is 7.14. The third-order valence-corrected chi connectivity index (χ3v) is 8.66. The minimum absolute atomic E-state index is 0.557. The van der Waals surface area contributed by atoms with Gasteiger partial charge in [0.1, 0.15) is 0 Å². The molecule has 0 unspecified atom stereocenters. The first kappa shape index (κ1) is 15.5. The Morgan fingerprint density at radius 3 is 1.26 bits per heavy atom. The first-order valence-electron chi connectivity index (χ1n) is 7.92. The molecule has 0 aliphatic rings. The van der Waals surface area contributed by atoms with Crippen molar-refractivity contribution < 1.29 is 0 Å². The van der Waals surface area contributed by atoms with Crippen molar-refractivity contribution >= 4 is 23.6 Å². The topological polar surface area (TPSA) is 26.0 Å². The van der Waals surface area contributed by atoms with Gasteiger partial charge in [-0.15, -0.1) is 0 Å². The van der Waals surface area contributed by atoms with Crippen molar-refractivity contribution in [3.63, 3.8) is 0 Å². The van der Waals surface area contributed by atoms with Gasteiger partial charge in [0.25, 0.3) is 0 Å². The van der Waals surface area contributed by atoms with Crippen molar-refractivity contribution in [1.82, 2.24) is 0 Å². The lowest BCUT2D eigenvalue weighted by Crippen LogP contribution is -2.66. The molecule has 0 aromatic heterocycles. The van der Waals surface area contributed by atoms with Crippen LogP contribution in [0.2, 0.25) is 0 Å². The monoisotopic (exact) mass is 315 g/mol. The van der Waals surface area contributed by atoms with E-state index in [1.807, 2.05) is 0 Å². The lowest BCUT2D eigenvalue weighted by molar-refractivity contribution is 1.26. The van der Waals surface area contributed by atoms with Crippen molar-refractivity contribution in [3.8, 4) is 0 Å². The smallest absolute Gasteiger partial charge is 0.172 e. The molecular weight excluding hydrogens is 294 g/mol. The second-order valence-electron chi connectivity index (χ2n) is 5.54. The Morgan fingerprint density at radius 2 is 0.957 bits per heavy atom. The average molecular weight is 315 g/mol. The summed E-state index contributed by atoms with van der Waals surface area (Å²) in [6.45, 7) is 0.557. The fraction of sp³-hybridized carbons (Fsp3) is 0.0476. The van der Waals surface area contributed by atoms with E-state index in [-0.39, 0.29) is 0 Å². The molecule has 114 valence electrons. The molecule has 0 amide bonds. The van der Waals surface area contributed by atoms with Crippen molar-refractivity contribution in [2.45, 2.75) is 0 Å². The summed E-state index contributed by atoms with van der Waals surface area (Å²) in [7, 11) is -2.21. The lowest BCUT2D eigenvalue weighted by Gasteiger charge is -2.30. The van der Waals surface area contributed by atoms with Gasteiger partial charge in [0, 0.05) is 6.54 Å². The number of nitrogens with two attached hydrogens (primary N) is 1. The zero-order chi connectivity index (χ0) is 16.0. The van der Waals surface area contributed by atoms with Gasteiger partial charge in [-0.3, -0.25) is 0 Å². The number of hydrogen-bond donors (Lipinski definition) is 1. The Balaban J connectivity index is 2.33. The quantitative estimate of drug-likeness (QED) is 0.567. The minimum atomic E-state index is -2.21. The minimum Gasteiger partial charge on any atom is -0.327 e. The third kappa shape index (κ3) is 3.04. The van der Waals surface area contributed by atoms with Gasteiger partial charge in [0.15, 0.2) is 8.07 Å². The maximum absolute atomic E-state index is 5.81. The van der Waals surface area contributed by atoms with Crippen molar-refractivity contribution in [1.29, 1.82) is 0 Å². The van der Waals surface area contributed by atoms with Gasteiger partial charge >= 0.3 is 0 Å². The van der Waals surface area contributed by atoms with Gasteiger partial charge in [-0.25, -0.2) is 0 Å². The van der Waals surface area contributed by atoms with Crippen LogP contribution in [0.4, 0.5) is 0 Å². The Morgan fingerprint density at radius 1 is 0.609 bits per heavy atom. The Kier molecular flexibility index (Phi) is 4.86. The van der Waals surface area contributed by atoms with Crippen LogP contribution < -0.4 is 21.3 Å². The van der Waals surface area contributed by atoms with Crippen LogP contribution in [-0.2, 0) is 0 Å². The van der Waals surface area contributed by atoms with Crippen LogP contribution >= 0.6 is 0 Å². The average Bonchev–Trinajstić information content (AvgIpc) is 2.65. The maximum atomic E-state index is 5.81. The molecule has 1 nitrogen and oxygen atoms in total. The van der Waals surface area contributed by atoms with E-state index in [1.165, 1.54) is 15.6 Å². The van der Waals surface area contributed by atoms with E-state index in [9.17, 15) is 0 Å². The zero-order valence-electron chi connectivity index (χ0n) is 13.1. The largest absolute Gasteiger partial charge is 0.327 e. The first-order chi connectivity index (χ1) is 11.4. The van der Waals surface area contributed by atoms with Crippen molar-refractivity contribution in [3.05, 3.63) is 103 Å². The highest BCUT2D eigenvalue weighted by Gasteiger charge is 2.36. The molecular formula is C21H21NSi. The summed E-state index contributed by atoms with van der Waals surface area (Å²) in [6, 6.07) is 32.4. The molecule has 0 radical (unpaired) electrons. The highest BCUT2D eigenvalue weighted by atomic mass is 28.3. The van der Waals surface area contributed by atoms with Crippen LogP contribution in [-0.4, -0.2) is 14.6 Å². The van der Waals surface area contributed by atoms with Gasteiger partial charge in [-0.2, -0.15) is 0 Å². The Hall–Kier alpha value is -2.42. The first-order valence-corrected chi connectivity index (χ1v) is 10.00. The van der Waals surface area contributed by atoms with Crippen LogP contribution in [0.3, 0.4) is 0 Å². The normalized spacial score (nSPS) is 11.7. The molecule has 0 spiro atoms. The van der Waals surface area contributed by atoms with Crippen molar-refractivity contribution in [2.24, 2.45) is 5.73 Å². The summed E-state index contributed by atoms with van der Waals surface area (Å²) >= 11 is 0.